The van der Waals surface area contributed by atoms with Crippen LogP contribution in [0.25, 0.3) is 0 Å². The van der Waals surface area contributed by atoms with Crippen molar-refractivity contribution in [1.29, 1.82) is 0 Å². The largest absolute Gasteiger partial charge is 0.484 e. The van der Waals surface area contributed by atoms with Gasteiger partial charge in [0, 0.05) is 29.9 Å². The van der Waals surface area contributed by atoms with Gasteiger partial charge in [-0.15, -0.1) is 0 Å². The molecule has 1 N–H and O–H groups in total. The number of carbonyl (C=O) groups excluding carboxylic acids is 3. The number of Topliss-reactive ketones (excluding diaryl/α,β-unsaturated/α-hetero) is 1. The van der Waals surface area contributed by atoms with Crippen LogP contribution in [0.5, 0.6) is 5.75 Å². The highest BCUT2D eigenvalue weighted by Gasteiger charge is 2.21. The topological polar surface area (TPSA) is 75.7 Å². The number of nitrogens with zero attached hydrogens (tertiary/aromatic N) is 1. The van der Waals surface area contributed by atoms with E-state index in [0.717, 1.165) is 18.7 Å². The molecule has 2 amide bonds. The van der Waals surface area contributed by atoms with E-state index in [-0.39, 0.29) is 24.2 Å². The predicted octanol–water partition coefficient (Wildman–Crippen LogP) is 3.03. The zero-order valence-corrected chi connectivity index (χ0v) is 14.5. The van der Waals surface area contributed by atoms with E-state index in [0.29, 0.717) is 23.4 Å². The highest BCUT2D eigenvalue weighted by molar-refractivity contribution is 5.96. The van der Waals surface area contributed by atoms with Gasteiger partial charge < -0.3 is 15.0 Å². The fourth-order valence-electron chi connectivity index (χ4n) is 2.78. The Bertz CT molecular complexity index is 813. The molecule has 0 bridgehead atoms. The van der Waals surface area contributed by atoms with Gasteiger partial charge in [0.1, 0.15) is 5.75 Å². The van der Waals surface area contributed by atoms with Gasteiger partial charge in [-0.25, -0.2) is 0 Å². The third-order valence-corrected chi connectivity index (χ3v) is 4.17. The van der Waals surface area contributed by atoms with Gasteiger partial charge in [0.25, 0.3) is 5.91 Å². The van der Waals surface area contributed by atoms with Crippen molar-refractivity contribution in [1.82, 2.24) is 0 Å². The predicted molar refractivity (Wildman–Crippen MR) is 98.6 cm³/mol. The van der Waals surface area contributed by atoms with Crippen molar-refractivity contribution in [3.05, 3.63) is 54.1 Å². The van der Waals surface area contributed by atoms with E-state index >= 15 is 0 Å². The van der Waals surface area contributed by atoms with Gasteiger partial charge in [-0.05, 0) is 61.9 Å². The normalized spacial score (nSPS) is 13.6. The van der Waals surface area contributed by atoms with Crippen LogP contribution in [-0.2, 0) is 9.59 Å². The third kappa shape index (κ3) is 4.27. The highest BCUT2D eigenvalue weighted by atomic mass is 16.5. The number of benzene rings is 2. The summed E-state index contributed by atoms with van der Waals surface area (Å²) in [5.41, 5.74) is 2.04. The molecule has 1 aliphatic heterocycles. The van der Waals surface area contributed by atoms with Crippen molar-refractivity contribution >= 4 is 29.0 Å². The number of hydrogen-bond donors (Lipinski definition) is 1. The van der Waals surface area contributed by atoms with Gasteiger partial charge in [-0.2, -0.15) is 0 Å². The van der Waals surface area contributed by atoms with Crippen LogP contribution in [-0.4, -0.2) is 30.7 Å². The Morgan fingerprint density at radius 2 is 1.77 bits per heavy atom. The van der Waals surface area contributed by atoms with Crippen molar-refractivity contribution in [2.45, 2.75) is 19.8 Å². The maximum absolute atomic E-state index is 12.0. The van der Waals surface area contributed by atoms with Crippen LogP contribution in [0.2, 0.25) is 0 Å². The molecule has 0 aliphatic carbocycles. The molecule has 0 radical (unpaired) electrons. The average molecular weight is 352 g/mol. The van der Waals surface area contributed by atoms with E-state index in [1.807, 2.05) is 12.1 Å². The Labute approximate surface area is 151 Å². The lowest BCUT2D eigenvalue weighted by atomic mass is 10.1. The molecule has 0 aromatic heterocycles. The summed E-state index contributed by atoms with van der Waals surface area (Å²) >= 11 is 0. The fourth-order valence-corrected chi connectivity index (χ4v) is 2.78. The van der Waals surface area contributed by atoms with Crippen molar-refractivity contribution in [3.63, 3.8) is 0 Å². The first-order valence-corrected chi connectivity index (χ1v) is 8.47. The summed E-state index contributed by atoms with van der Waals surface area (Å²) in [6, 6.07) is 13.8. The van der Waals surface area contributed by atoms with E-state index in [1.165, 1.54) is 6.92 Å². The number of carbonyl (C=O) groups is 3. The van der Waals surface area contributed by atoms with E-state index in [1.54, 1.807) is 41.3 Å². The summed E-state index contributed by atoms with van der Waals surface area (Å²) in [5, 5.41) is 2.71. The summed E-state index contributed by atoms with van der Waals surface area (Å²) in [6.07, 6.45) is 1.47. The second kappa shape index (κ2) is 7.82. The number of ketones is 1. The molecule has 0 spiro atoms. The molecule has 6 heteroatoms. The Morgan fingerprint density at radius 3 is 2.35 bits per heavy atom. The van der Waals surface area contributed by atoms with Crippen LogP contribution in [0.3, 0.4) is 0 Å². The zero-order valence-electron chi connectivity index (χ0n) is 14.5. The van der Waals surface area contributed by atoms with Gasteiger partial charge in [0.05, 0.1) is 0 Å². The Balaban J connectivity index is 1.51. The molecular weight excluding hydrogens is 332 g/mol. The van der Waals surface area contributed by atoms with E-state index < -0.39 is 0 Å². The lowest BCUT2D eigenvalue weighted by molar-refractivity contribution is -0.118. The summed E-state index contributed by atoms with van der Waals surface area (Å²) in [4.78, 5) is 36.7. The van der Waals surface area contributed by atoms with Gasteiger partial charge >= 0.3 is 0 Å². The van der Waals surface area contributed by atoms with Crippen LogP contribution >= 0.6 is 0 Å². The SMILES string of the molecule is CC(=O)c1ccc(NC(=O)COc2ccc(N3CCCC3=O)cc2)cc1. The number of ether oxygens (including phenoxy) is 1. The van der Waals surface area contributed by atoms with E-state index in [4.69, 9.17) is 4.74 Å². The van der Waals surface area contributed by atoms with Crippen LogP contribution in [0, 0.1) is 0 Å². The van der Waals surface area contributed by atoms with Gasteiger partial charge in [-0.1, -0.05) is 0 Å². The average Bonchev–Trinajstić information content (AvgIpc) is 3.07. The molecule has 26 heavy (non-hydrogen) atoms. The monoisotopic (exact) mass is 352 g/mol. The van der Waals surface area contributed by atoms with Crippen LogP contribution in [0.1, 0.15) is 30.1 Å². The molecular formula is C20H20N2O4. The zero-order chi connectivity index (χ0) is 18.5. The standard InChI is InChI=1S/C20H20N2O4/c1-14(23)15-4-6-16(7-5-15)21-19(24)13-26-18-10-8-17(9-11-18)22-12-2-3-20(22)25/h4-11H,2-3,12-13H2,1H3,(H,21,24). The molecule has 0 atom stereocenters. The molecule has 1 fully saturated rings. The Kier molecular flexibility index (Phi) is 5.31. The minimum atomic E-state index is -0.292. The molecule has 1 saturated heterocycles. The molecule has 6 nitrogen and oxygen atoms in total. The molecule has 1 aliphatic rings. The summed E-state index contributed by atoms with van der Waals surface area (Å²) in [7, 11) is 0. The first-order chi connectivity index (χ1) is 12.5. The summed E-state index contributed by atoms with van der Waals surface area (Å²) < 4.78 is 5.48. The molecule has 0 unspecified atom stereocenters. The van der Waals surface area contributed by atoms with Crippen molar-refractivity contribution in [2.75, 3.05) is 23.4 Å². The van der Waals surface area contributed by atoms with E-state index in [9.17, 15) is 14.4 Å². The Morgan fingerprint density at radius 1 is 1.08 bits per heavy atom. The number of anilines is 2. The van der Waals surface area contributed by atoms with Crippen LogP contribution in [0.4, 0.5) is 11.4 Å². The van der Waals surface area contributed by atoms with Crippen LogP contribution in [0.15, 0.2) is 48.5 Å². The van der Waals surface area contributed by atoms with Crippen molar-refractivity contribution in [3.8, 4) is 5.75 Å². The maximum Gasteiger partial charge on any atom is 0.262 e. The Hall–Kier alpha value is -3.15. The molecule has 0 saturated carbocycles. The second-order valence-corrected chi connectivity index (χ2v) is 6.11. The molecule has 3 rings (SSSR count). The minimum Gasteiger partial charge on any atom is -0.484 e. The lowest BCUT2D eigenvalue weighted by Gasteiger charge is -2.16. The van der Waals surface area contributed by atoms with Crippen molar-refractivity contribution in [2.24, 2.45) is 0 Å². The summed E-state index contributed by atoms with van der Waals surface area (Å²) in [6.45, 7) is 2.10. The molecule has 1 heterocycles. The quantitative estimate of drug-likeness (QED) is 0.811. The number of nitrogens with one attached hydrogen (secondary N) is 1. The second-order valence-electron chi connectivity index (χ2n) is 6.11. The van der Waals surface area contributed by atoms with Gasteiger partial charge in [-0.3, -0.25) is 14.4 Å². The first-order valence-electron chi connectivity index (χ1n) is 8.47. The number of hydrogen-bond acceptors (Lipinski definition) is 4. The first kappa shape index (κ1) is 17.7. The number of amides is 2. The highest BCUT2D eigenvalue weighted by Crippen LogP contribution is 2.23. The molecule has 2 aromatic carbocycles. The fraction of sp³-hybridized carbons (Fsp3) is 0.250. The van der Waals surface area contributed by atoms with Gasteiger partial charge in [0.15, 0.2) is 12.4 Å². The van der Waals surface area contributed by atoms with E-state index in [2.05, 4.69) is 5.32 Å². The third-order valence-electron chi connectivity index (χ3n) is 4.17. The van der Waals surface area contributed by atoms with Gasteiger partial charge in [0.2, 0.25) is 5.91 Å². The maximum atomic E-state index is 12.0. The lowest BCUT2D eigenvalue weighted by Crippen LogP contribution is -2.23. The minimum absolute atomic E-state index is 0.0229. The van der Waals surface area contributed by atoms with Crippen LogP contribution < -0.4 is 15.0 Å². The number of rotatable bonds is 6. The molecule has 134 valence electrons. The van der Waals surface area contributed by atoms with Crippen molar-refractivity contribution < 1.29 is 19.1 Å². The smallest absolute Gasteiger partial charge is 0.262 e. The summed E-state index contributed by atoms with van der Waals surface area (Å²) in [5.74, 6) is 0.376. The molecule has 2 aromatic rings.